The number of benzene rings is 2. The monoisotopic (exact) mass is 466 g/mol. The number of para-hydroxylation sites is 1. The van der Waals surface area contributed by atoms with Crippen LogP contribution in [0, 0.1) is 0 Å². The van der Waals surface area contributed by atoms with Gasteiger partial charge in [0, 0.05) is 30.6 Å². The predicted octanol–water partition coefficient (Wildman–Crippen LogP) is 4.22. The number of aliphatic carboxylic acids is 1. The summed E-state index contributed by atoms with van der Waals surface area (Å²) in [7, 11) is 0. The predicted molar refractivity (Wildman–Crippen MR) is 128 cm³/mol. The van der Waals surface area contributed by atoms with E-state index in [-0.39, 0.29) is 12.5 Å². The summed E-state index contributed by atoms with van der Waals surface area (Å²) >= 11 is 0. The van der Waals surface area contributed by atoms with Gasteiger partial charge in [0.25, 0.3) is 5.89 Å². The van der Waals surface area contributed by atoms with Crippen LogP contribution in [0.25, 0.3) is 22.8 Å². The lowest BCUT2D eigenvalue weighted by molar-refractivity contribution is -0.137. The van der Waals surface area contributed by atoms with Gasteiger partial charge in [0.2, 0.25) is 5.82 Å². The van der Waals surface area contributed by atoms with Crippen LogP contribution in [-0.4, -0.2) is 51.9 Å². The number of aromatic nitrogens is 2. The van der Waals surface area contributed by atoms with E-state index < -0.39 is 5.97 Å². The minimum absolute atomic E-state index is 0.0252. The van der Waals surface area contributed by atoms with E-state index in [0.717, 1.165) is 42.9 Å². The van der Waals surface area contributed by atoms with E-state index >= 15 is 0 Å². The molecule has 0 radical (unpaired) electrons. The first-order valence-electron chi connectivity index (χ1n) is 11.5. The molecule has 34 heavy (non-hydrogen) atoms. The third-order valence-corrected chi connectivity index (χ3v) is 5.55. The quantitative estimate of drug-likeness (QED) is 0.352. The molecule has 1 aliphatic heterocycles. The number of rotatable bonds is 9. The van der Waals surface area contributed by atoms with Crippen molar-refractivity contribution >= 4 is 11.7 Å². The Hall–Kier alpha value is -3.59. The van der Waals surface area contributed by atoms with Gasteiger partial charge in [0.1, 0.15) is 18.1 Å². The summed E-state index contributed by atoms with van der Waals surface area (Å²) in [6.07, 6.45) is 1.72. The van der Waals surface area contributed by atoms with Crippen molar-refractivity contribution in [3.63, 3.8) is 0 Å². The Labute approximate surface area is 198 Å². The molecule has 0 saturated heterocycles. The highest BCUT2D eigenvalue weighted by atomic mass is 16.5. The number of carboxylic acids is 1. The summed E-state index contributed by atoms with van der Waals surface area (Å²) in [4.78, 5) is 17.6. The van der Waals surface area contributed by atoms with E-state index in [1.165, 1.54) is 0 Å². The van der Waals surface area contributed by atoms with Crippen molar-refractivity contribution in [3.05, 3.63) is 42.0 Å². The number of carboxylic acid groups (broad SMARTS) is 1. The average molecular weight is 467 g/mol. The molecule has 2 aromatic carbocycles. The van der Waals surface area contributed by atoms with Gasteiger partial charge in [-0.15, -0.1) is 0 Å². The van der Waals surface area contributed by atoms with E-state index in [0.29, 0.717) is 41.7 Å². The van der Waals surface area contributed by atoms with E-state index in [1.807, 2.05) is 38.1 Å². The second-order valence-corrected chi connectivity index (χ2v) is 8.61. The van der Waals surface area contributed by atoms with Crippen LogP contribution in [0.1, 0.15) is 38.7 Å². The molecule has 9 nitrogen and oxygen atoms in total. The van der Waals surface area contributed by atoms with Gasteiger partial charge in [-0.1, -0.05) is 17.3 Å². The summed E-state index contributed by atoms with van der Waals surface area (Å²) in [6.45, 7) is 6.73. The fraction of sp³-hybridized carbons (Fsp3) is 0.400. The average Bonchev–Trinajstić information content (AvgIpc) is 3.18. The number of ether oxygens (including phenoxy) is 2. The van der Waals surface area contributed by atoms with Gasteiger partial charge in [-0.25, -0.2) is 0 Å². The molecule has 9 heteroatoms. The zero-order chi connectivity index (χ0) is 24.1. The Morgan fingerprint density at radius 3 is 2.88 bits per heavy atom. The lowest BCUT2D eigenvalue weighted by Gasteiger charge is -2.18. The molecule has 0 aliphatic carbocycles. The minimum atomic E-state index is -0.754. The van der Waals surface area contributed by atoms with Gasteiger partial charge in [-0.05, 0) is 57.5 Å². The molecular formula is C25H30N4O5. The lowest BCUT2D eigenvalue weighted by atomic mass is 10.1. The van der Waals surface area contributed by atoms with Crippen molar-refractivity contribution in [2.75, 3.05) is 25.4 Å². The highest BCUT2D eigenvalue weighted by Gasteiger charge is 2.22. The molecule has 0 saturated carbocycles. The molecule has 0 bridgehead atoms. The standard InChI is InChI=1S/C25H30N4O5/c1-16(2)33-21-10-9-17(14-20(21)26)25-27-24(28-34-25)19-7-5-6-18-15-29(12-13-32-23(18)19)11-4-3-8-22(30)31/h5-7,9-10,14,16H,3-4,8,11-13,15,26H2,1-2H3,(H,30,31). The number of nitrogens with two attached hydrogens (primary N) is 1. The van der Waals surface area contributed by atoms with Crippen LogP contribution in [0.5, 0.6) is 11.5 Å². The summed E-state index contributed by atoms with van der Waals surface area (Å²) in [6, 6.07) is 11.3. The molecule has 0 fully saturated rings. The van der Waals surface area contributed by atoms with Crippen LogP contribution in [0.15, 0.2) is 40.9 Å². The Bertz CT molecular complexity index is 1140. The fourth-order valence-corrected chi connectivity index (χ4v) is 3.95. The highest BCUT2D eigenvalue weighted by Crippen LogP contribution is 2.35. The van der Waals surface area contributed by atoms with Crippen LogP contribution < -0.4 is 15.2 Å². The van der Waals surface area contributed by atoms with E-state index in [4.69, 9.17) is 24.8 Å². The molecule has 3 N–H and O–H groups in total. The first-order chi connectivity index (χ1) is 16.4. The molecule has 2 heterocycles. The highest BCUT2D eigenvalue weighted by molar-refractivity contribution is 5.70. The second kappa shape index (κ2) is 10.6. The Kier molecular flexibility index (Phi) is 7.32. The molecule has 180 valence electrons. The number of unbranched alkanes of at least 4 members (excludes halogenated alkanes) is 1. The molecule has 1 aliphatic rings. The third kappa shape index (κ3) is 5.66. The first-order valence-corrected chi connectivity index (χ1v) is 11.5. The van der Waals surface area contributed by atoms with E-state index in [9.17, 15) is 4.79 Å². The van der Waals surface area contributed by atoms with Crippen LogP contribution in [0.4, 0.5) is 5.69 Å². The molecular weight excluding hydrogens is 436 g/mol. The molecule has 3 aromatic rings. The third-order valence-electron chi connectivity index (χ3n) is 5.55. The van der Waals surface area contributed by atoms with Crippen LogP contribution >= 0.6 is 0 Å². The first kappa shape index (κ1) is 23.6. The zero-order valence-electron chi connectivity index (χ0n) is 19.5. The number of hydrogen-bond donors (Lipinski definition) is 2. The molecule has 0 unspecified atom stereocenters. The lowest BCUT2D eigenvalue weighted by Crippen LogP contribution is -2.26. The van der Waals surface area contributed by atoms with Crippen molar-refractivity contribution in [2.45, 2.75) is 45.8 Å². The maximum atomic E-state index is 10.7. The second-order valence-electron chi connectivity index (χ2n) is 8.61. The topological polar surface area (TPSA) is 124 Å². The van der Waals surface area contributed by atoms with Gasteiger partial charge >= 0.3 is 5.97 Å². The minimum Gasteiger partial charge on any atom is -0.491 e. The van der Waals surface area contributed by atoms with Crippen molar-refractivity contribution < 1.29 is 23.9 Å². The summed E-state index contributed by atoms with van der Waals surface area (Å²) in [5.74, 6) is 1.43. The SMILES string of the molecule is CC(C)Oc1ccc(-c2nc(-c3cccc4c3OCCN(CCCCC(=O)O)C4)no2)cc1N. The van der Waals surface area contributed by atoms with Crippen molar-refractivity contribution in [2.24, 2.45) is 0 Å². The Morgan fingerprint density at radius 2 is 2.12 bits per heavy atom. The van der Waals surface area contributed by atoms with Crippen LogP contribution in [0.3, 0.4) is 0 Å². The number of nitrogens with zero attached hydrogens (tertiary/aromatic N) is 3. The van der Waals surface area contributed by atoms with Gasteiger partial charge in [0.05, 0.1) is 17.4 Å². The Morgan fingerprint density at radius 1 is 1.26 bits per heavy atom. The van der Waals surface area contributed by atoms with Gasteiger partial charge < -0.3 is 24.8 Å². The fourth-order valence-electron chi connectivity index (χ4n) is 3.95. The molecule has 0 amide bonds. The summed E-state index contributed by atoms with van der Waals surface area (Å²) in [5.41, 5.74) is 9.16. The molecule has 0 atom stereocenters. The number of fused-ring (bicyclic) bond motifs is 1. The largest absolute Gasteiger partial charge is 0.491 e. The number of hydrogen-bond acceptors (Lipinski definition) is 8. The maximum absolute atomic E-state index is 10.7. The van der Waals surface area contributed by atoms with Crippen LogP contribution in [-0.2, 0) is 11.3 Å². The smallest absolute Gasteiger partial charge is 0.303 e. The van der Waals surface area contributed by atoms with Crippen molar-refractivity contribution in [1.29, 1.82) is 0 Å². The van der Waals surface area contributed by atoms with E-state index in [2.05, 4.69) is 15.0 Å². The molecule has 0 spiro atoms. The van der Waals surface area contributed by atoms with Crippen molar-refractivity contribution in [1.82, 2.24) is 15.0 Å². The molecule has 4 rings (SSSR count). The number of carbonyl (C=O) groups is 1. The maximum Gasteiger partial charge on any atom is 0.303 e. The van der Waals surface area contributed by atoms with Gasteiger partial charge in [-0.3, -0.25) is 9.69 Å². The van der Waals surface area contributed by atoms with E-state index in [1.54, 1.807) is 12.1 Å². The van der Waals surface area contributed by atoms with Crippen molar-refractivity contribution in [3.8, 4) is 34.3 Å². The van der Waals surface area contributed by atoms with Gasteiger partial charge in [-0.2, -0.15) is 4.98 Å². The normalized spacial score (nSPS) is 13.9. The number of anilines is 1. The zero-order valence-corrected chi connectivity index (χ0v) is 19.5. The summed E-state index contributed by atoms with van der Waals surface area (Å²) < 4.78 is 17.3. The summed E-state index contributed by atoms with van der Waals surface area (Å²) in [5, 5.41) is 13.0. The number of nitrogen functional groups attached to an aromatic ring is 1. The van der Waals surface area contributed by atoms with Crippen LogP contribution in [0.2, 0.25) is 0 Å². The van der Waals surface area contributed by atoms with Gasteiger partial charge in [0.15, 0.2) is 0 Å². The molecule has 1 aromatic heterocycles. The Balaban J connectivity index is 1.51.